The third-order valence-corrected chi connectivity index (χ3v) is 12.8. The summed E-state index contributed by atoms with van der Waals surface area (Å²) in [4.78, 5) is 2.38. The van der Waals surface area contributed by atoms with Crippen LogP contribution in [-0.4, -0.2) is 4.57 Å². The Kier molecular flexibility index (Phi) is 9.20. The SMILES string of the molecule is c1ccc(-c2ccc(N(c3ccc(-c4cc5ccccc5c5ccccc45)cc3)c3cccc(-c4cccc(-c5cccc6c5c5ccccc5n6-c5ccccc5)c4)c3)cc2)cc1. The van der Waals surface area contributed by atoms with Gasteiger partial charge >= 0.3 is 0 Å². The highest BCUT2D eigenvalue weighted by atomic mass is 15.1. The molecule has 12 rings (SSSR count). The van der Waals surface area contributed by atoms with Gasteiger partial charge in [0.15, 0.2) is 0 Å². The molecular formula is C62H42N2. The van der Waals surface area contributed by atoms with Gasteiger partial charge in [-0.05, 0) is 139 Å². The third kappa shape index (κ3) is 6.52. The Morgan fingerprint density at radius 1 is 0.266 bits per heavy atom. The zero-order valence-corrected chi connectivity index (χ0v) is 35.1. The molecule has 0 aliphatic carbocycles. The minimum absolute atomic E-state index is 1.09. The second-order valence-corrected chi connectivity index (χ2v) is 16.5. The number of benzene rings is 11. The van der Waals surface area contributed by atoms with E-state index in [4.69, 9.17) is 0 Å². The lowest BCUT2D eigenvalue weighted by Gasteiger charge is -2.26. The van der Waals surface area contributed by atoms with E-state index in [-0.39, 0.29) is 0 Å². The molecule has 0 saturated heterocycles. The maximum absolute atomic E-state index is 2.39. The molecule has 64 heavy (non-hydrogen) atoms. The van der Waals surface area contributed by atoms with Gasteiger partial charge in [0.1, 0.15) is 0 Å². The Bertz CT molecular complexity index is 3640. The molecule has 2 heteroatoms. The lowest BCUT2D eigenvalue weighted by Crippen LogP contribution is -2.10. The van der Waals surface area contributed by atoms with Crippen molar-refractivity contribution in [1.29, 1.82) is 0 Å². The van der Waals surface area contributed by atoms with Crippen molar-refractivity contribution < 1.29 is 0 Å². The van der Waals surface area contributed by atoms with Crippen molar-refractivity contribution in [2.45, 2.75) is 0 Å². The molecule has 0 bridgehead atoms. The molecule has 0 fully saturated rings. The molecular weight excluding hydrogens is 773 g/mol. The highest BCUT2D eigenvalue weighted by Crippen LogP contribution is 2.42. The van der Waals surface area contributed by atoms with E-state index in [1.807, 2.05) is 0 Å². The predicted molar refractivity (Wildman–Crippen MR) is 272 cm³/mol. The van der Waals surface area contributed by atoms with Crippen molar-refractivity contribution in [1.82, 2.24) is 4.57 Å². The number of rotatable bonds is 8. The molecule has 0 amide bonds. The quantitative estimate of drug-likeness (QED) is 0.139. The number of anilines is 3. The second-order valence-electron chi connectivity index (χ2n) is 16.5. The highest BCUT2D eigenvalue weighted by molar-refractivity contribution is 6.16. The van der Waals surface area contributed by atoms with Crippen molar-refractivity contribution >= 4 is 60.4 Å². The molecule has 12 aromatic rings. The number of aromatic nitrogens is 1. The zero-order chi connectivity index (χ0) is 42.4. The normalized spacial score (nSPS) is 11.4. The van der Waals surface area contributed by atoms with Crippen molar-refractivity contribution in [2.75, 3.05) is 4.90 Å². The molecule has 0 aliphatic heterocycles. The first kappa shape index (κ1) is 37.3. The Balaban J connectivity index is 0.961. The third-order valence-electron chi connectivity index (χ3n) is 12.8. The van der Waals surface area contributed by atoms with Crippen LogP contribution >= 0.6 is 0 Å². The summed E-state index contributed by atoms with van der Waals surface area (Å²) >= 11 is 0. The summed E-state index contributed by atoms with van der Waals surface area (Å²) in [6, 6.07) is 92.6. The molecule has 0 unspecified atom stereocenters. The molecule has 0 radical (unpaired) electrons. The average Bonchev–Trinajstić information content (AvgIpc) is 3.72. The van der Waals surface area contributed by atoms with E-state index >= 15 is 0 Å². The van der Waals surface area contributed by atoms with Crippen LogP contribution in [0.15, 0.2) is 255 Å². The van der Waals surface area contributed by atoms with Crippen LogP contribution in [0.25, 0.3) is 93.5 Å². The fraction of sp³-hybridized carbons (Fsp3) is 0. The first-order chi connectivity index (χ1) is 31.7. The van der Waals surface area contributed by atoms with E-state index in [2.05, 4.69) is 264 Å². The lowest BCUT2D eigenvalue weighted by molar-refractivity contribution is 1.18. The molecule has 2 nitrogen and oxygen atoms in total. The van der Waals surface area contributed by atoms with Crippen LogP contribution in [0, 0.1) is 0 Å². The van der Waals surface area contributed by atoms with Crippen molar-refractivity contribution in [3.8, 4) is 50.2 Å². The van der Waals surface area contributed by atoms with E-state index in [1.165, 1.54) is 82.3 Å². The highest BCUT2D eigenvalue weighted by Gasteiger charge is 2.18. The largest absolute Gasteiger partial charge is 0.310 e. The molecule has 1 heterocycles. The first-order valence-corrected chi connectivity index (χ1v) is 22.0. The summed E-state index contributed by atoms with van der Waals surface area (Å²) in [6.45, 7) is 0. The molecule has 1 aromatic heterocycles. The van der Waals surface area contributed by atoms with Gasteiger partial charge < -0.3 is 9.47 Å². The minimum atomic E-state index is 1.09. The Hall–Kier alpha value is -8.46. The minimum Gasteiger partial charge on any atom is -0.310 e. The summed E-state index contributed by atoms with van der Waals surface area (Å²) in [5.74, 6) is 0. The van der Waals surface area contributed by atoms with Crippen LogP contribution < -0.4 is 4.90 Å². The second kappa shape index (κ2) is 15.8. The molecule has 0 aliphatic rings. The molecule has 300 valence electrons. The van der Waals surface area contributed by atoms with E-state index < -0.39 is 0 Å². The summed E-state index contributed by atoms with van der Waals surface area (Å²) in [6.07, 6.45) is 0. The van der Waals surface area contributed by atoms with Crippen molar-refractivity contribution in [3.63, 3.8) is 0 Å². The van der Waals surface area contributed by atoms with Gasteiger partial charge in [-0.2, -0.15) is 0 Å². The van der Waals surface area contributed by atoms with Gasteiger partial charge in [0.2, 0.25) is 0 Å². The fourth-order valence-corrected chi connectivity index (χ4v) is 9.77. The van der Waals surface area contributed by atoms with Crippen LogP contribution in [-0.2, 0) is 0 Å². The van der Waals surface area contributed by atoms with Crippen molar-refractivity contribution in [2.24, 2.45) is 0 Å². The standard InChI is InChI=1S/C62H42N2/c1-3-16-43(17-4-1)44-32-36-51(37-33-44)63(52-38-34-45(35-39-52)59-42-49-18-7-8-25-54(49)56-26-9-10-27-57(56)59)53-24-14-20-47(41-53)46-19-13-21-48(40-46)55-29-15-31-61-62(55)58-28-11-12-30-60(58)64(61)50-22-5-2-6-23-50/h1-42H. The number of hydrogen-bond donors (Lipinski definition) is 0. The molecule has 0 N–H and O–H groups in total. The van der Waals surface area contributed by atoms with E-state index in [0.717, 1.165) is 28.3 Å². The van der Waals surface area contributed by atoms with E-state index in [1.54, 1.807) is 0 Å². The van der Waals surface area contributed by atoms with Gasteiger partial charge in [-0.15, -0.1) is 0 Å². The number of fused-ring (bicyclic) bond motifs is 6. The van der Waals surface area contributed by atoms with Crippen LogP contribution in [0.4, 0.5) is 17.1 Å². The van der Waals surface area contributed by atoms with E-state index in [0.29, 0.717) is 0 Å². The van der Waals surface area contributed by atoms with Crippen LogP contribution in [0.2, 0.25) is 0 Å². The van der Waals surface area contributed by atoms with Gasteiger partial charge in [0, 0.05) is 33.5 Å². The molecule has 0 spiro atoms. The number of para-hydroxylation sites is 2. The lowest BCUT2D eigenvalue weighted by atomic mass is 9.93. The first-order valence-electron chi connectivity index (χ1n) is 22.0. The average molecular weight is 815 g/mol. The maximum Gasteiger partial charge on any atom is 0.0547 e. The van der Waals surface area contributed by atoms with Gasteiger partial charge in [-0.25, -0.2) is 0 Å². The van der Waals surface area contributed by atoms with Crippen molar-refractivity contribution in [3.05, 3.63) is 255 Å². The van der Waals surface area contributed by atoms with Crippen LogP contribution in [0.3, 0.4) is 0 Å². The number of nitrogens with zero attached hydrogens (tertiary/aromatic N) is 2. The summed E-state index contributed by atoms with van der Waals surface area (Å²) in [5, 5.41) is 7.57. The summed E-state index contributed by atoms with van der Waals surface area (Å²) < 4.78 is 2.39. The monoisotopic (exact) mass is 814 g/mol. The van der Waals surface area contributed by atoms with Gasteiger partial charge in [-0.1, -0.05) is 182 Å². The predicted octanol–water partition coefficient (Wildman–Crippen LogP) is 17.2. The fourth-order valence-electron chi connectivity index (χ4n) is 9.77. The van der Waals surface area contributed by atoms with Crippen LogP contribution in [0.5, 0.6) is 0 Å². The molecule has 11 aromatic carbocycles. The molecule has 0 saturated carbocycles. The van der Waals surface area contributed by atoms with Crippen LogP contribution in [0.1, 0.15) is 0 Å². The number of hydrogen-bond acceptors (Lipinski definition) is 1. The Morgan fingerprint density at radius 2 is 0.797 bits per heavy atom. The van der Waals surface area contributed by atoms with Gasteiger partial charge in [0.25, 0.3) is 0 Å². The van der Waals surface area contributed by atoms with Gasteiger partial charge in [0.05, 0.1) is 11.0 Å². The van der Waals surface area contributed by atoms with Gasteiger partial charge in [-0.3, -0.25) is 0 Å². The maximum atomic E-state index is 2.39. The summed E-state index contributed by atoms with van der Waals surface area (Å²) in [5.41, 5.74) is 16.4. The molecule has 0 atom stereocenters. The zero-order valence-electron chi connectivity index (χ0n) is 35.1. The Morgan fingerprint density at radius 3 is 1.56 bits per heavy atom. The topological polar surface area (TPSA) is 8.17 Å². The summed E-state index contributed by atoms with van der Waals surface area (Å²) in [7, 11) is 0. The Labute approximate surface area is 373 Å². The van der Waals surface area contributed by atoms with E-state index in [9.17, 15) is 0 Å². The smallest absolute Gasteiger partial charge is 0.0547 e.